The van der Waals surface area contributed by atoms with Gasteiger partial charge in [0.15, 0.2) is 4.32 Å². The molecule has 1 aliphatic heterocycles. The number of thiocarbonyl (C=S) groups is 1. The van der Waals surface area contributed by atoms with Gasteiger partial charge in [-0.1, -0.05) is 57.6 Å². The van der Waals surface area contributed by atoms with Gasteiger partial charge in [0.2, 0.25) is 0 Å². The first-order valence-electron chi connectivity index (χ1n) is 6.86. The topological polar surface area (TPSA) is 29.5 Å². The quantitative estimate of drug-likeness (QED) is 0.464. The Morgan fingerprint density at radius 2 is 2.08 bits per heavy atom. The van der Waals surface area contributed by atoms with E-state index < -0.39 is 0 Å². The molecule has 0 unspecified atom stereocenters. The fourth-order valence-electron chi connectivity index (χ4n) is 2.26. The SMILES string of the molecule is COc1ccc(Cl)cc1/C=C1\SC(=S)N(c2cccc(Br)c2)C1=O. The number of halogens is 2. The van der Waals surface area contributed by atoms with Crippen molar-refractivity contribution in [1.82, 2.24) is 0 Å². The summed E-state index contributed by atoms with van der Waals surface area (Å²) in [4.78, 5) is 14.8. The number of hydrogen-bond acceptors (Lipinski definition) is 4. The molecule has 1 aliphatic rings. The van der Waals surface area contributed by atoms with Crippen LogP contribution in [0.15, 0.2) is 51.8 Å². The second-order valence-electron chi connectivity index (χ2n) is 4.88. The lowest BCUT2D eigenvalue weighted by atomic mass is 10.2. The van der Waals surface area contributed by atoms with Gasteiger partial charge in [0.1, 0.15) is 5.75 Å². The number of nitrogens with zero attached hydrogens (tertiary/aromatic N) is 1. The van der Waals surface area contributed by atoms with Crippen LogP contribution in [0.3, 0.4) is 0 Å². The van der Waals surface area contributed by atoms with Crippen molar-refractivity contribution >= 4 is 73.5 Å². The van der Waals surface area contributed by atoms with Crippen molar-refractivity contribution in [1.29, 1.82) is 0 Å². The van der Waals surface area contributed by atoms with Crippen molar-refractivity contribution < 1.29 is 9.53 Å². The molecule has 0 spiro atoms. The van der Waals surface area contributed by atoms with Gasteiger partial charge in [-0.15, -0.1) is 0 Å². The van der Waals surface area contributed by atoms with Crippen LogP contribution in [0.1, 0.15) is 5.56 Å². The Labute approximate surface area is 162 Å². The summed E-state index contributed by atoms with van der Waals surface area (Å²) in [7, 11) is 1.58. The zero-order valence-electron chi connectivity index (χ0n) is 12.5. The van der Waals surface area contributed by atoms with E-state index in [4.69, 9.17) is 28.6 Å². The lowest BCUT2D eigenvalue weighted by molar-refractivity contribution is -0.113. The molecule has 3 rings (SSSR count). The van der Waals surface area contributed by atoms with E-state index in [1.54, 1.807) is 31.4 Å². The lowest BCUT2D eigenvalue weighted by Crippen LogP contribution is -2.27. The van der Waals surface area contributed by atoms with E-state index in [0.29, 0.717) is 20.0 Å². The first kappa shape index (κ1) is 17.5. The summed E-state index contributed by atoms with van der Waals surface area (Å²) < 4.78 is 6.70. The Bertz CT molecular complexity index is 869. The Morgan fingerprint density at radius 1 is 1.29 bits per heavy atom. The van der Waals surface area contributed by atoms with Crippen LogP contribution in [0, 0.1) is 0 Å². The number of ether oxygens (including phenoxy) is 1. The number of carbonyl (C=O) groups is 1. The van der Waals surface area contributed by atoms with Crippen molar-refractivity contribution in [3.63, 3.8) is 0 Å². The number of thioether (sulfide) groups is 1. The number of benzene rings is 2. The summed E-state index contributed by atoms with van der Waals surface area (Å²) in [6, 6.07) is 12.7. The predicted molar refractivity (Wildman–Crippen MR) is 108 cm³/mol. The number of methoxy groups -OCH3 is 1. The molecule has 1 fully saturated rings. The van der Waals surface area contributed by atoms with Gasteiger partial charge in [-0.2, -0.15) is 0 Å². The third-order valence-electron chi connectivity index (χ3n) is 3.34. The van der Waals surface area contributed by atoms with Crippen molar-refractivity contribution in [2.45, 2.75) is 0 Å². The molecule has 0 aromatic heterocycles. The molecule has 1 saturated heterocycles. The highest BCUT2D eigenvalue weighted by Crippen LogP contribution is 2.38. The molecule has 7 heteroatoms. The lowest BCUT2D eigenvalue weighted by Gasteiger charge is -2.14. The van der Waals surface area contributed by atoms with Gasteiger partial charge in [0.25, 0.3) is 5.91 Å². The standard InChI is InChI=1S/C17H11BrClNO2S2/c1-22-14-6-5-12(19)7-10(14)8-15-16(21)20(17(23)24-15)13-4-2-3-11(18)9-13/h2-9H,1H3/b15-8-. The molecule has 2 aromatic rings. The van der Waals surface area contributed by atoms with Gasteiger partial charge in [-0.25, -0.2) is 0 Å². The average molecular weight is 441 g/mol. The molecular weight excluding hydrogens is 430 g/mol. The number of rotatable bonds is 3. The van der Waals surface area contributed by atoms with Gasteiger partial charge < -0.3 is 4.74 Å². The highest BCUT2D eigenvalue weighted by Gasteiger charge is 2.33. The second kappa shape index (κ2) is 7.27. The minimum absolute atomic E-state index is 0.162. The van der Waals surface area contributed by atoms with Crippen LogP contribution >= 0.6 is 51.5 Å². The summed E-state index contributed by atoms with van der Waals surface area (Å²) in [6.45, 7) is 0. The van der Waals surface area contributed by atoms with Crippen LogP contribution in [0.25, 0.3) is 6.08 Å². The maximum Gasteiger partial charge on any atom is 0.270 e. The normalized spacial score (nSPS) is 16.1. The highest BCUT2D eigenvalue weighted by atomic mass is 79.9. The molecule has 3 nitrogen and oxygen atoms in total. The van der Waals surface area contributed by atoms with Crippen molar-refractivity contribution in [3.05, 3.63) is 62.4 Å². The van der Waals surface area contributed by atoms with Crippen LogP contribution in [0.5, 0.6) is 5.75 Å². The number of carbonyl (C=O) groups excluding carboxylic acids is 1. The summed E-state index contributed by atoms with van der Waals surface area (Å²) in [6.07, 6.45) is 1.75. The molecule has 1 amide bonds. The zero-order chi connectivity index (χ0) is 17.3. The zero-order valence-corrected chi connectivity index (χ0v) is 16.4. The van der Waals surface area contributed by atoms with Crippen LogP contribution in [-0.2, 0) is 4.79 Å². The smallest absolute Gasteiger partial charge is 0.270 e. The Morgan fingerprint density at radius 3 is 2.79 bits per heavy atom. The van der Waals surface area contributed by atoms with Crippen molar-refractivity contribution in [2.75, 3.05) is 12.0 Å². The molecule has 24 heavy (non-hydrogen) atoms. The highest BCUT2D eigenvalue weighted by molar-refractivity contribution is 9.10. The first-order chi connectivity index (χ1) is 11.5. The number of amides is 1. The molecule has 0 aliphatic carbocycles. The van der Waals surface area contributed by atoms with Crippen LogP contribution in [0.2, 0.25) is 5.02 Å². The van der Waals surface area contributed by atoms with E-state index in [1.165, 1.54) is 16.7 Å². The molecule has 0 N–H and O–H groups in total. The molecular formula is C17H11BrClNO2S2. The van der Waals surface area contributed by atoms with Gasteiger partial charge in [-0.05, 0) is 42.5 Å². The van der Waals surface area contributed by atoms with E-state index in [0.717, 1.165) is 15.7 Å². The van der Waals surface area contributed by atoms with Crippen LogP contribution < -0.4 is 9.64 Å². The molecule has 0 radical (unpaired) electrons. The maximum absolute atomic E-state index is 12.8. The Balaban J connectivity index is 1.99. The Kier molecular flexibility index (Phi) is 5.30. The minimum Gasteiger partial charge on any atom is -0.496 e. The van der Waals surface area contributed by atoms with E-state index in [9.17, 15) is 4.79 Å². The number of anilines is 1. The summed E-state index contributed by atoms with van der Waals surface area (Å²) >= 11 is 16.1. The Hall–Kier alpha value is -1.34. The maximum atomic E-state index is 12.8. The van der Waals surface area contributed by atoms with Crippen LogP contribution in [-0.4, -0.2) is 17.3 Å². The van der Waals surface area contributed by atoms with Gasteiger partial charge in [0.05, 0.1) is 17.7 Å². The molecule has 0 atom stereocenters. The number of hydrogen-bond donors (Lipinski definition) is 0. The van der Waals surface area contributed by atoms with Crippen molar-refractivity contribution in [3.8, 4) is 5.75 Å². The molecule has 2 aromatic carbocycles. The summed E-state index contributed by atoms with van der Waals surface area (Å²) in [5.74, 6) is 0.484. The summed E-state index contributed by atoms with van der Waals surface area (Å²) in [5.41, 5.74) is 1.47. The van der Waals surface area contributed by atoms with Gasteiger partial charge >= 0.3 is 0 Å². The third-order valence-corrected chi connectivity index (χ3v) is 5.37. The fourth-order valence-corrected chi connectivity index (χ4v) is 4.12. The van der Waals surface area contributed by atoms with Crippen molar-refractivity contribution in [2.24, 2.45) is 0 Å². The monoisotopic (exact) mass is 439 g/mol. The second-order valence-corrected chi connectivity index (χ2v) is 7.91. The first-order valence-corrected chi connectivity index (χ1v) is 9.26. The molecule has 0 bridgehead atoms. The molecule has 1 heterocycles. The summed E-state index contributed by atoms with van der Waals surface area (Å²) in [5, 5.41) is 0.574. The fraction of sp³-hybridized carbons (Fsp3) is 0.0588. The largest absolute Gasteiger partial charge is 0.496 e. The third kappa shape index (κ3) is 3.52. The molecule has 122 valence electrons. The molecule has 0 saturated carbocycles. The van der Waals surface area contributed by atoms with Crippen LogP contribution in [0.4, 0.5) is 5.69 Å². The average Bonchev–Trinajstić information content (AvgIpc) is 2.81. The van der Waals surface area contributed by atoms with Gasteiger partial charge in [0, 0.05) is 15.1 Å². The van der Waals surface area contributed by atoms with E-state index >= 15 is 0 Å². The van der Waals surface area contributed by atoms with E-state index in [1.807, 2.05) is 24.3 Å². The predicted octanol–water partition coefficient (Wildman–Crippen LogP) is 5.52. The van der Waals surface area contributed by atoms with E-state index in [-0.39, 0.29) is 5.91 Å². The van der Waals surface area contributed by atoms with Gasteiger partial charge in [-0.3, -0.25) is 9.69 Å². The van der Waals surface area contributed by atoms with E-state index in [2.05, 4.69) is 15.9 Å². The minimum atomic E-state index is -0.162.